The van der Waals surface area contributed by atoms with Gasteiger partial charge in [0, 0.05) is 17.2 Å². The summed E-state index contributed by atoms with van der Waals surface area (Å²) >= 11 is -0.913. The molecule has 0 N–H and O–H groups in total. The fraction of sp³-hybridized carbons (Fsp3) is 0.417. The van der Waals surface area contributed by atoms with Crippen LogP contribution in [0.15, 0.2) is 28.3 Å². The quantitative estimate of drug-likeness (QED) is 0.450. The lowest BCUT2D eigenvalue weighted by Gasteiger charge is -2.12. The van der Waals surface area contributed by atoms with Gasteiger partial charge in [0.2, 0.25) is 0 Å². The molecule has 0 heterocycles. The van der Waals surface area contributed by atoms with Crippen LogP contribution < -0.4 is 0 Å². The van der Waals surface area contributed by atoms with Gasteiger partial charge in [-0.25, -0.2) is 0 Å². The average Bonchev–Trinajstić information content (AvgIpc) is 2.28. The molecule has 0 amide bonds. The van der Waals surface area contributed by atoms with Gasteiger partial charge in [0.15, 0.2) is 4.90 Å². The molecule has 0 saturated carbocycles. The molecule has 0 aromatic heterocycles. The van der Waals surface area contributed by atoms with Crippen LogP contribution in [-0.2, 0) is 16.0 Å². The Bertz CT molecular complexity index is 366. The number of nitrogens with zero attached hydrogens (tertiary/aromatic N) is 1. The van der Waals surface area contributed by atoms with Gasteiger partial charge in [-0.05, 0) is 24.5 Å². The van der Waals surface area contributed by atoms with Gasteiger partial charge in [0.25, 0.3) is 0 Å². The smallest absolute Gasteiger partial charge is 0.156 e. The number of hydrogen-bond acceptors (Lipinski definition) is 3. The van der Waals surface area contributed by atoms with E-state index < -0.39 is 11.2 Å². The highest BCUT2D eigenvalue weighted by Gasteiger charge is 2.13. The molecule has 0 bridgehead atoms. The zero-order chi connectivity index (χ0) is 12.0. The highest BCUT2D eigenvalue weighted by Crippen LogP contribution is 2.18. The van der Waals surface area contributed by atoms with Crippen molar-refractivity contribution < 1.29 is 9.39 Å². The van der Waals surface area contributed by atoms with Crippen LogP contribution in [0.3, 0.4) is 0 Å². The van der Waals surface area contributed by atoms with E-state index in [9.17, 15) is 4.55 Å². The summed E-state index contributed by atoms with van der Waals surface area (Å²) in [4.78, 5) is 5.51. The zero-order valence-corrected chi connectivity index (χ0v) is 10.7. The minimum atomic E-state index is -0.913. The molecular weight excluding hydrogens is 222 g/mol. The third-order valence-corrected chi connectivity index (χ3v) is 3.86. The zero-order valence-electron chi connectivity index (χ0n) is 9.90. The van der Waals surface area contributed by atoms with Crippen LogP contribution in [0.5, 0.6) is 0 Å². The van der Waals surface area contributed by atoms with Crippen molar-refractivity contribution in [3.63, 3.8) is 0 Å². The third-order valence-electron chi connectivity index (χ3n) is 2.15. The fourth-order valence-corrected chi connectivity index (χ4v) is 2.64. The Morgan fingerprint density at radius 2 is 2.25 bits per heavy atom. The van der Waals surface area contributed by atoms with Gasteiger partial charge < -0.3 is 9.39 Å². The highest BCUT2D eigenvalue weighted by atomic mass is 32.2. The van der Waals surface area contributed by atoms with Gasteiger partial charge in [-0.3, -0.25) is 0 Å². The van der Waals surface area contributed by atoms with Crippen molar-refractivity contribution in [3.05, 3.63) is 29.3 Å². The maximum atomic E-state index is 11.9. The molecule has 4 heteroatoms. The van der Waals surface area contributed by atoms with E-state index in [2.05, 4.69) is 9.99 Å². The van der Waals surface area contributed by atoms with Crippen molar-refractivity contribution in [2.24, 2.45) is 5.16 Å². The van der Waals surface area contributed by atoms with Crippen LogP contribution in [0.25, 0.3) is 0 Å². The van der Waals surface area contributed by atoms with Crippen molar-refractivity contribution in [2.75, 3.05) is 12.9 Å². The molecule has 0 aliphatic heterocycles. The number of hydrogen-bond donors (Lipinski definition) is 0. The lowest BCUT2D eigenvalue weighted by atomic mass is 10.2. The van der Waals surface area contributed by atoms with E-state index >= 15 is 0 Å². The maximum Gasteiger partial charge on any atom is 0.156 e. The van der Waals surface area contributed by atoms with Crippen LogP contribution in [-0.4, -0.2) is 23.6 Å². The molecule has 0 radical (unpaired) electrons. The van der Waals surface area contributed by atoms with Gasteiger partial charge in [0.05, 0.1) is 6.21 Å². The van der Waals surface area contributed by atoms with Crippen molar-refractivity contribution in [1.29, 1.82) is 0 Å². The second-order valence-corrected chi connectivity index (χ2v) is 5.03. The summed E-state index contributed by atoms with van der Waals surface area (Å²) in [5.41, 5.74) is 1.97. The van der Waals surface area contributed by atoms with Gasteiger partial charge in [0.1, 0.15) is 12.9 Å². The molecule has 1 aromatic rings. The van der Waals surface area contributed by atoms with E-state index in [-0.39, 0.29) is 0 Å². The second-order valence-electron chi connectivity index (χ2n) is 3.49. The van der Waals surface area contributed by atoms with Crippen molar-refractivity contribution in [2.45, 2.75) is 25.2 Å². The molecule has 88 valence electrons. The first kappa shape index (κ1) is 13.1. The predicted molar refractivity (Wildman–Crippen MR) is 67.3 cm³/mol. The predicted octanol–water partition coefficient (Wildman–Crippen LogP) is 2.49. The summed E-state index contributed by atoms with van der Waals surface area (Å²) in [6, 6.07) is 5.80. The van der Waals surface area contributed by atoms with E-state index in [1.54, 1.807) is 6.21 Å². The molecule has 0 saturated heterocycles. The van der Waals surface area contributed by atoms with E-state index in [4.69, 9.17) is 0 Å². The van der Waals surface area contributed by atoms with E-state index in [1.807, 2.05) is 32.0 Å². The second kappa shape index (κ2) is 6.55. The molecule has 0 aliphatic carbocycles. The Labute approximate surface area is 99.7 Å². The molecule has 3 nitrogen and oxygen atoms in total. The number of rotatable bonds is 5. The van der Waals surface area contributed by atoms with E-state index in [0.717, 1.165) is 22.4 Å². The topological polar surface area (TPSA) is 44.7 Å². The summed E-state index contributed by atoms with van der Waals surface area (Å²) in [7, 11) is 1.50. The summed E-state index contributed by atoms with van der Waals surface area (Å²) in [5, 5.41) is 3.69. The highest BCUT2D eigenvalue weighted by molar-refractivity contribution is 7.91. The molecule has 1 rings (SSSR count). The summed E-state index contributed by atoms with van der Waals surface area (Å²) < 4.78 is 11.9. The Kier molecular flexibility index (Phi) is 5.35. The summed E-state index contributed by atoms with van der Waals surface area (Å²) in [6.45, 7) is 4.00. The molecule has 0 spiro atoms. The minimum absolute atomic E-state index is 0.700. The normalized spacial score (nSPS) is 13.0. The number of aryl methyl sites for hydroxylation is 1. The first-order valence-corrected chi connectivity index (χ1v) is 6.56. The van der Waals surface area contributed by atoms with Crippen LogP contribution >= 0.6 is 0 Å². The first-order chi connectivity index (χ1) is 7.69. The summed E-state index contributed by atoms with van der Waals surface area (Å²) in [5.74, 6) is 0.700. The van der Waals surface area contributed by atoms with Gasteiger partial charge in [-0.1, -0.05) is 24.2 Å². The standard InChI is InChI=1S/C12H17NO2S/c1-4-7-16(14)12-8-11(9-13-15-3)6-5-10(12)2/h5-6,8-9H,4,7H2,1-3H3/b13-9+. The average molecular weight is 239 g/mol. The fourth-order valence-electron chi connectivity index (χ4n) is 1.35. The van der Waals surface area contributed by atoms with Crippen LogP contribution in [0.4, 0.5) is 0 Å². The van der Waals surface area contributed by atoms with Crippen LogP contribution in [0, 0.1) is 6.92 Å². The first-order valence-electron chi connectivity index (χ1n) is 5.24. The summed E-state index contributed by atoms with van der Waals surface area (Å²) in [6.07, 6.45) is 2.54. The number of benzene rings is 1. The van der Waals surface area contributed by atoms with E-state index in [0.29, 0.717) is 5.75 Å². The molecule has 0 aliphatic rings. The van der Waals surface area contributed by atoms with Gasteiger partial charge in [-0.15, -0.1) is 0 Å². The lowest BCUT2D eigenvalue weighted by Crippen LogP contribution is -2.08. The van der Waals surface area contributed by atoms with Crippen molar-refractivity contribution in [3.8, 4) is 0 Å². The number of oxime groups is 1. The molecular formula is C12H17NO2S. The van der Waals surface area contributed by atoms with E-state index in [1.165, 1.54) is 7.11 Å². The molecule has 16 heavy (non-hydrogen) atoms. The molecule has 0 fully saturated rings. The van der Waals surface area contributed by atoms with Gasteiger partial charge >= 0.3 is 0 Å². The van der Waals surface area contributed by atoms with Crippen LogP contribution in [0.2, 0.25) is 0 Å². The Morgan fingerprint density at radius 1 is 1.50 bits per heavy atom. The molecule has 1 atom stereocenters. The van der Waals surface area contributed by atoms with Gasteiger partial charge in [-0.2, -0.15) is 0 Å². The minimum Gasteiger partial charge on any atom is -0.611 e. The third kappa shape index (κ3) is 3.54. The Balaban J connectivity index is 2.94. The maximum absolute atomic E-state index is 11.9. The monoisotopic (exact) mass is 239 g/mol. The lowest BCUT2D eigenvalue weighted by molar-refractivity contribution is 0.215. The largest absolute Gasteiger partial charge is 0.611 e. The molecule has 1 unspecified atom stereocenters. The Morgan fingerprint density at radius 3 is 2.88 bits per heavy atom. The van der Waals surface area contributed by atoms with Crippen molar-refractivity contribution >= 4 is 17.4 Å². The SMILES string of the molecule is CCC[S+]([O-])c1cc(/C=N/OC)ccc1C. The Hall–Kier alpha value is -1.00. The van der Waals surface area contributed by atoms with Crippen molar-refractivity contribution in [1.82, 2.24) is 0 Å². The van der Waals surface area contributed by atoms with Crippen LogP contribution in [0.1, 0.15) is 24.5 Å². The molecule has 1 aromatic carbocycles.